The van der Waals surface area contributed by atoms with Crippen molar-refractivity contribution in [1.29, 1.82) is 0 Å². The molecule has 0 bridgehead atoms. The maximum Gasteiger partial charge on any atom is 0.280 e. The van der Waals surface area contributed by atoms with E-state index in [2.05, 4.69) is 99.1 Å². The fraction of sp³-hybridized carbons (Fsp3) is 0.438. The Bertz CT molecular complexity index is 1610. The third kappa shape index (κ3) is 6.16. The van der Waals surface area contributed by atoms with E-state index in [1.165, 1.54) is 10.4 Å². The Morgan fingerprint density at radius 2 is 1.84 bits per heavy atom. The number of amides is 1. The second-order valence-corrected chi connectivity index (χ2v) is 17.9. The van der Waals surface area contributed by atoms with E-state index in [1.807, 2.05) is 4.57 Å². The van der Waals surface area contributed by atoms with Gasteiger partial charge >= 0.3 is 0 Å². The molecular formula is C32H41N6O4PSi. The number of fused-ring (bicyclic) bond motifs is 2. The maximum atomic E-state index is 12.7. The van der Waals surface area contributed by atoms with Gasteiger partial charge in [0.2, 0.25) is 11.9 Å². The van der Waals surface area contributed by atoms with E-state index in [9.17, 15) is 9.59 Å². The zero-order chi connectivity index (χ0) is 30.8. The van der Waals surface area contributed by atoms with Crippen LogP contribution in [0.5, 0.6) is 0 Å². The van der Waals surface area contributed by atoms with Crippen molar-refractivity contribution < 1.29 is 13.8 Å². The molecule has 2 aromatic heterocycles. The number of aromatic nitrogens is 4. The SMILES string of the molecule is CC[C@@H](Cn1cnc2c(=O)[nH]c(NC(=O)C(C)C)nc21)O[P@@]1O[C@H](C[Si](C)(c2ccccc2)c2ccccc2)[C@@H]2CCCN21. The van der Waals surface area contributed by atoms with Gasteiger partial charge in [-0.05, 0) is 25.3 Å². The number of benzene rings is 2. The molecule has 2 fully saturated rings. The first-order valence-electron chi connectivity index (χ1n) is 15.5. The van der Waals surface area contributed by atoms with Crippen molar-refractivity contribution in [2.45, 2.75) is 77.4 Å². The number of carbonyl (C=O) groups is 1. The Hall–Kier alpha value is -3.21. The van der Waals surface area contributed by atoms with E-state index in [0.717, 1.165) is 31.9 Å². The van der Waals surface area contributed by atoms with Crippen LogP contribution in [0.25, 0.3) is 11.2 Å². The second-order valence-electron chi connectivity index (χ2n) is 12.3. The molecule has 0 saturated carbocycles. The Labute approximate surface area is 260 Å². The lowest BCUT2D eigenvalue weighted by atomic mass is 10.1. The topological polar surface area (TPSA) is 114 Å². The molecule has 0 radical (unpaired) electrons. The summed E-state index contributed by atoms with van der Waals surface area (Å²) in [6.45, 7) is 9.57. The minimum atomic E-state index is -2.10. The number of hydrogen-bond acceptors (Lipinski definition) is 7. The predicted octanol–water partition coefficient (Wildman–Crippen LogP) is 4.49. The van der Waals surface area contributed by atoms with Gasteiger partial charge in [0.15, 0.2) is 11.2 Å². The van der Waals surface area contributed by atoms with E-state index < -0.39 is 22.2 Å². The number of rotatable bonds is 11. The van der Waals surface area contributed by atoms with Gasteiger partial charge in [0.25, 0.3) is 14.1 Å². The molecule has 12 heteroatoms. The molecular weight excluding hydrogens is 591 g/mol. The molecule has 0 unspecified atom stereocenters. The van der Waals surface area contributed by atoms with Crippen LogP contribution in [-0.4, -0.2) is 63.0 Å². The van der Waals surface area contributed by atoms with Crippen LogP contribution in [0.4, 0.5) is 5.95 Å². The maximum absolute atomic E-state index is 12.7. The van der Waals surface area contributed by atoms with Gasteiger partial charge in [0, 0.05) is 18.5 Å². The Morgan fingerprint density at radius 3 is 2.48 bits per heavy atom. The summed E-state index contributed by atoms with van der Waals surface area (Å²) in [5.74, 6) is -0.346. The molecule has 1 amide bonds. The van der Waals surface area contributed by atoms with Crippen LogP contribution in [-0.2, 0) is 20.4 Å². The van der Waals surface area contributed by atoms with E-state index in [0.29, 0.717) is 18.2 Å². The molecule has 4 atom stereocenters. The number of anilines is 1. The Kier molecular flexibility index (Phi) is 9.12. The predicted molar refractivity (Wildman–Crippen MR) is 177 cm³/mol. The fourth-order valence-corrected chi connectivity index (χ4v) is 12.3. The molecule has 2 aromatic carbocycles. The average Bonchev–Trinajstić information content (AvgIpc) is 3.75. The zero-order valence-electron chi connectivity index (χ0n) is 25.8. The lowest BCUT2D eigenvalue weighted by Gasteiger charge is -2.32. The third-order valence-electron chi connectivity index (χ3n) is 8.90. The van der Waals surface area contributed by atoms with Gasteiger partial charge in [-0.25, -0.2) is 9.65 Å². The van der Waals surface area contributed by atoms with Crippen LogP contribution in [0.2, 0.25) is 12.6 Å². The monoisotopic (exact) mass is 632 g/mol. The summed E-state index contributed by atoms with van der Waals surface area (Å²) in [6.07, 6.45) is 4.56. The number of hydrogen-bond donors (Lipinski definition) is 2. The van der Waals surface area contributed by atoms with Crippen LogP contribution in [0.3, 0.4) is 0 Å². The lowest BCUT2D eigenvalue weighted by Crippen LogP contribution is -2.58. The number of H-pyrrole nitrogens is 1. The van der Waals surface area contributed by atoms with Crippen molar-refractivity contribution in [3.8, 4) is 0 Å². The number of imidazole rings is 1. The standard InChI is InChI=1S/C32H41N6O4PSi/c1-5-23(19-37-21-33-28-29(37)34-32(36-31(28)40)35-30(39)22(2)3)41-43-38-18-12-17-26(38)27(42-43)20-44(4,24-13-8-6-9-14-24)25-15-10-7-11-16-25/h6-11,13-16,21-23,26-27H,5,12,17-20H2,1-4H3,(H2,34,35,36,39,40)/t23-,26-,27+,43-/m0/s1. The van der Waals surface area contributed by atoms with Gasteiger partial charge in [-0.3, -0.25) is 19.9 Å². The van der Waals surface area contributed by atoms with E-state index in [4.69, 9.17) is 9.05 Å². The van der Waals surface area contributed by atoms with Gasteiger partial charge in [-0.15, -0.1) is 0 Å². The summed E-state index contributed by atoms with van der Waals surface area (Å²) in [5.41, 5.74) is 0.257. The van der Waals surface area contributed by atoms with Gasteiger partial charge in [-0.1, -0.05) is 98.4 Å². The molecule has 6 rings (SSSR count). The molecule has 2 aliphatic heterocycles. The van der Waals surface area contributed by atoms with Crippen LogP contribution in [0, 0.1) is 5.92 Å². The quantitative estimate of drug-likeness (QED) is 0.185. The summed E-state index contributed by atoms with van der Waals surface area (Å²) in [5, 5.41) is 5.53. The highest BCUT2D eigenvalue weighted by Crippen LogP contribution is 2.57. The van der Waals surface area contributed by atoms with Crippen LogP contribution in [0.1, 0.15) is 40.0 Å². The Balaban J connectivity index is 1.21. The number of nitrogens with one attached hydrogen (secondary N) is 2. The second kappa shape index (κ2) is 13.0. The number of aromatic amines is 1. The summed E-state index contributed by atoms with van der Waals surface area (Å²) in [4.78, 5) is 36.4. The zero-order valence-corrected chi connectivity index (χ0v) is 27.7. The van der Waals surface area contributed by atoms with Crippen molar-refractivity contribution in [2.24, 2.45) is 5.92 Å². The molecule has 4 heterocycles. The molecule has 0 aliphatic carbocycles. The van der Waals surface area contributed by atoms with Crippen LogP contribution in [0.15, 0.2) is 71.8 Å². The lowest BCUT2D eigenvalue weighted by molar-refractivity contribution is -0.118. The molecule has 0 spiro atoms. The van der Waals surface area contributed by atoms with Crippen LogP contribution < -0.4 is 21.2 Å². The highest BCUT2D eigenvalue weighted by Gasteiger charge is 2.50. The van der Waals surface area contributed by atoms with Crippen molar-refractivity contribution >= 4 is 50.0 Å². The van der Waals surface area contributed by atoms with E-state index in [-0.39, 0.29) is 35.5 Å². The third-order valence-corrected chi connectivity index (χ3v) is 15.2. The summed E-state index contributed by atoms with van der Waals surface area (Å²) in [6, 6.07) is 23.2. The smallest absolute Gasteiger partial charge is 0.280 e. The largest absolute Gasteiger partial charge is 0.317 e. The molecule has 232 valence electrons. The van der Waals surface area contributed by atoms with Crippen molar-refractivity contribution in [3.63, 3.8) is 0 Å². The normalized spacial score (nSPS) is 21.2. The first-order valence-corrected chi connectivity index (χ1v) is 19.4. The summed E-state index contributed by atoms with van der Waals surface area (Å²) >= 11 is 0. The van der Waals surface area contributed by atoms with Crippen molar-refractivity contribution in [2.75, 3.05) is 11.9 Å². The Morgan fingerprint density at radius 1 is 1.16 bits per heavy atom. The first-order chi connectivity index (χ1) is 21.3. The number of carbonyl (C=O) groups excluding carboxylic acids is 1. The van der Waals surface area contributed by atoms with Crippen LogP contribution >= 0.6 is 8.53 Å². The van der Waals surface area contributed by atoms with Crippen molar-refractivity contribution in [3.05, 3.63) is 77.3 Å². The van der Waals surface area contributed by atoms with E-state index in [1.54, 1.807) is 20.2 Å². The number of nitrogens with zero attached hydrogens (tertiary/aromatic N) is 4. The van der Waals surface area contributed by atoms with Gasteiger partial charge < -0.3 is 13.6 Å². The molecule has 2 aliphatic rings. The highest BCUT2D eigenvalue weighted by atomic mass is 31.2. The fourth-order valence-electron chi connectivity index (χ4n) is 6.27. The highest BCUT2D eigenvalue weighted by molar-refractivity contribution is 7.45. The molecule has 2 saturated heterocycles. The van der Waals surface area contributed by atoms with Gasteiger partial charge in [0.1, 0.15) is 8.07 Å². The molecule has 2 N–H and O–H groups in total. The van der Waals surface area contributed by atoms with Gasteiger partial charge in [0.05, 0.1) is 25.1 Å². The summed E-state index contributed by atoms with van der Waals surface area (Å²) < 4.78 is 17.9. The van der Waals surface area contributed by atoms with Gasteiger partial charge in [-0.2, -0.15) is 4.98 Å². The molecule has 10 nitrogen and oxygen atoms in total. The van der Waals surface area contributed by atoms with E-state index >= 15 is 0 Å². The minimum Gasteiger partial charge on any atom is -0.317 e. The first kappa shape index (κ1) is 30.8. The molecule has 44 heavy (non-hydrogen) atoms. The molecule has 4 aromatic rings. The van der Waals surface area contributed by atoms with Crippen molar-refractivity contribution in [1.82, 2.24) is 24.2 Å². The minimum absolute atomic E-state index is 0.0969. The summed E-state index contributed by atoms with van der Waals surface area (Å²) in [7, 11) is -3.34. The average molecular weight is 633 g/mol.